The highest BCUT2D eigenvalue weighted by atomic mass is 35.5. The van der Waals surface area contributed by atoms with E-state index in [1.54, 1.807) is 4.98 Å². The predicted octanol–water partition coefficient (Wildman–Crippen LogP) is 14.6. The molecule has 0 aliphatic carbocycles. The Kier molecular flexibility index (Phi) is 26.4. The molecule has 0 aliphatic rings. The fraction of sp³-hybridized carbons (Fsp3) is 0.207. The number of aromatic nitrogens is 12. The summed E-state index contributed by atoms with van der Waals surface area (Å²) in [6, 6.07) is 12.6. The van der Waals surface area contributed by atoms with E-state index in [4.69, 9.17) is 17.3 Å². The summed E-state index contributed by atoms with van der Waals surface area (Å²) in [5, 5.41) is 32.4. The highest BCUT2D eigenvalue weighted by molar-refractivity contribution is 6.30. The van der Waals surface area contributed by atoms with Crippen molar-refractivity contribution in [1.29, 1.82) is 0 Å². The number of aromatic amines is 2. The summed E-state index contributed by atoms with van der Waals surface area (Å²) in [4.78, 5) is 89.8. The highest BCUT2D eigenvalue weighted by Gasteiger charge is 2.40. The minimum Gasteiger partial charge on any atom is -0.397 e. The zero-order valence-electron chi connectivity index (χ0n) is 51.7. The van der Waals surface area contributed by atoms with Gasteiger partial charge >= 0.3 is 37.1 Å². The summed E-state index contributed by atoms with van der Waals surface area (Å²) < 4.78 is 228. The minimum atomic E-state index is -4.89. The van der Waals surface area contributed by atoms with Gasteiger partial charge in [0.1, 0.15) is 76.0 Å². The Hall–Kier alpha value is -12.2. The van der Waals surface area contributed by atoms with E-state index in [1.165, 1.54) is 76.9 Å². The molecule has 45 heteroatoms. The summed E-state index contributed by atoms with van der Waals surface area (Å²) in [5.74, 6) is -1.36. The second kappa shape index (κ2) is 33.3. The first-order valence-electron chi connectivity index (χ1n) is 27.6. The van der Waals surface area contributed by atoms with Gasteiger partial charge in [-0.1, -0.05) is 56.6 Å². The van der Waals surface area contributed by atoms with Crippen molar-refractivity contribution in [3.8, 4) is 17.5 Å². The van der Waals surface area contributed by atoms with Crippen molar-refractivity contribution in [2.45, 2.75) is 76.1 Å². The van der Waals surface area contributed by atoms with Crippen molar-refractivity contribution in [1.82, 2.24) is 58.6 Å². The van der Waals surface area contributed by atoms with Gasteiger partial charge in [0.25, 0.3) is 28.2 Å². The molecule has 0 atom stereocenters. The zero-order valence-corrected chi connectivity index (χ0v) is 52.4. The smallest absolute Gasteiger partial charge is 0.397 e. The Labute approximate surface area is 567 Å². The van der Waals surface area contributed by atoms with E-state index in [-0.39, 0.29) is 46.8 Å². The molecule has 0 radical (unpaired) electrons. The number of rotatable bonds is 10. The number of imidazole rings is 3. The molecule has 0 unspecified atom stereocenters. The van der Waals surface area contributed by atoms with Gasteiger partial charge in [-0.05, 0) is 47.2 Å². The molecular weight excluding hydrogens is 1460 g/mol. The van der Waals surface area contributed by atoms with Crippen molar-refractivity contribution in [3.63, 3.8) is 0 Å². The van der Waals surface area contributed by atoms with Crippen LogP contribution in [-0.4, -0.2) is 79.2 Å². The molecule has 0 aliphatic heterocycles. The lowest BCUT2D eigenvalue weighted by Crippen LogP contribution is -2.21. The zero-order chi connectivity index (χ0) is 77.4. The van der Waals surface area contributed by atoms with Crippen LogP contribution < -0.4 is 22.2 Å². The van der Waals surface area contributed by atoms with Crippen LogP contribution in [-0.2, 0) is 53.7 Å². The van der Waals surface area contributed by atoms with Gasteiger partial charge in [0.15, 0.2) is 5.82 Å². The van der Waals surface area contributed by atoms with Crippen molar-refractivity contribution in [2.75, 3.05) is 11.1 Å². The Balaban J connectivity index is 0.000000230. The molecule has 0 fully saturated rings. The fourth-order valence-electron chi connectivity index (χ4n) is 7.76. The number of carbonyl (C=O) groups excluding carboxylic acids is 1. The molecule has 9 aromatic heterocycles. The van der Waals surface area contributed by atoms with Crippen LogP contribution in [0.5, 0.6) is 0 Å². The molecule has 0 saturated carbocycles. The number of halogens is 19. The SMILES string of the molecule is CC(C)(C)c1ccc(CCC(=O)Nc2cnc(-n3ccnc3)c(C(F)(F)F)c2)cc1.Nc1cnc(-n2ccnc2)c(C(F)(F)F)c1.O=[N+]([O-])c1cnc(-n2ccnc2)c(C(F)(F)F)c1.O=[N+]([O-])c1cnc(Cl)c(C(F)(F)F)c1.O=c1[nH]cc([N+](=O)[O-])cc1C(F)(F)F.O=c1[nH]cccc1C(F)(F)F. The average Bonchev–Trinajstić information content (AvgIpc) is 1.83. The molecule has 548 valence electrons. The number of hydrogen-bond acceptors (Lipinski definition) is 17. The number of H-pyrrole nitrogens is 2. The van der Waals surface area contributed by atoms with Crippen LogP contribution >= 0.6 is 11.6 Å². The number of nitrogen functional groups attached to an aromatic ring is 1. The summed E-state index contributed by atoms with van der Waals surface area (Å²) >= 11 is 5.13. The van der Waals surface area contributed by atoms with Crippen LogP contribution in [0.3, 0.4) is 0 Å². The molecular formula is C58H44ClF18N17O9. The maximum atomic E-state index is 13.5. The normalized spacial score (nSPS) is 11.7. The van der Waals surface area contributed by atoms with Crippen LogP contribution in [0.15, 0.2) is 170 Å². The Morgan fingerprint density at radius 1 is 0.515 bits per heavy atom. The molecule has 26 nitrogen and oxygen atoms in total. The number of carbonyl (C=O) groups is 1. The maximum absolute atomic E-state index is 13.5. The van der Waals surface area contributed by atoms with Crippen LogP contribution in [0.25, 0.3) is 17.5 Å². The van der Waals surface area contributed by atoms with Gasteiger partial charge in [0.05, 0.1) is 50.3 Å². The summed E-state index contributed by atoms with van der Waals surface area (Å²) in [7, 11) is 0. The molecule has 1 aromatic carbocycles. The maximum Gasteiger partial charge on any atom is 0.421 e. The van der Waals surface area contributed by atoms with Gasteiger partial charge in [-0.2, -0.15) is 79.0 Å². The van der Waals surface area contributed by atoms with E-state index in [1.807, 2.05) is 29.2 Å². The third-order valence-electron chi connectivity index (χ3n) is 12.6. The van der Waals surface area contributed by atoms with Crippen LogP contribution in [0, 0.1) is 30.3 Å². The number of pyridine rings is 6. The second-order valence-electron chi connectivity index (χ2n) is 21.0. The van der Waals surface area contributed by atoms with E-state index in [0.717, 1.165) is 53.1 Å². The number of anilines is 2. The number of alkyl halides is 18. The number of amides is 1. The number of nitro groups is 3. The van der Waals surface area contributed by atoms with Gasteiger partial charge in [-0.15, -0.1) is 0 Å². The molecule has 0 bridgehead atoms. The Morgan fingerprint density at radius 2 is 0.913 bits per heavy atom. The van der Waals surface area contributed by atoms with Crippen LogP contribution in [0.4, 0.5) is 107 Å². The fourth-order valence-corrected chi connectivity index (χ4v) is 7.97. The van der Waals surface area contributed by atoms with Crippen molar-refractivity contribution in [2.24, 2.45) is 0 Å². The molecule has 0 spiro atoms. The number of aryl methyl sites for hydroxylation is 1. The summed E-state index contributed by atoms with van der Waals surface area (Å²) in [5.41, 5.74) is -4.37. The molecule has 103 heavy (non-hydrogen) atoms. The number of nitrogens with two attached hydrogens (primary N) is 1. The van der Waals surface area contributed by atoms with E-state index < -0.39 is 124 Å². The van der Waals surface area contributed by atoms with Crippen LogP contribution in [0.2, 0.25) is 5.15 Å². The quantitative estimate of drug-likeness (QED) is 0.0428. The lowest BCUT2D eigenvalue weighted by molar-refractivity contribution is -0.385. The minimum absolute atomic E-state index is 0.000675. The lowest BCUT2D eigenvalue weighted by atomic mass is 9.86. The number of hydrogen-bond donors (Lipinski definition) is 4. The highest BCUT2D eigenvalue weighted by Crippen LogP contribution is 2.39. The molecule has 1 amide bonds. The number of nitrogens with one attached hydrogen (secondary N) is 3. The second-order valence-corrected chi connectivity index (χ2v) is 21.4. The summed E-state index contributed by atoms with van der Waals surface area (Å²) in [6.45, 7) is 6.37. The topological polar surface area (TPSA) is 355 Å². The van der Waals surface area contributed by atoms with Gasteiger partial charge in [0.2, 0.25) is 5.91 Å². The average molecular weight is 1500 g/mol. The van der Waals surface area contributed by atoms with E-state index in [9.17, 15) is 124 Å². The molecule has 10 rings (SSSR count). The van der Waals surface area contributed by atoms with Gasteiger partial charge in [-0.25, -0.2) is 34.9 Å². The van der Waals surface area contributed by atoms with Gasteiger partial charge in [0, 0.05) is 68.0 Å². The van der Waals surface area contributed by atoms with E-state index >= 15 is 0 Å². The first-order valence-corrected chi connectivity index (χ1v) is 28.0. The van der Waals surface area contributed by atoms with Crippen molar-refractivity contribution >= 4 is 45.9 Å². The van der Waals surface area contributed by atoms with Gasteiger partial charge in [-0.3, -0.25) is 58.4 Å². The van der Waals surface area contributed by atoms with E-state index in [0.29, 0.717) is 30.9 Å². The number of benzene rings is 1. The lowest BCUT2D eigenvalue weighted by Gasteiger charge is -2.19. The van der Waals surface area contributed by atoms with Crippen LogP contribution in [0.1, 0.15) is 71.7 Å². The molecule has 9 heterocycles. The Morgan fingerprint density at radius 3 is 1.32 bits per heavy atom. The monoisotopic (exact) mass is 1500 g/mol. The third kappa shape index (κ3) is 24.0. The predicted molar refractivity (Wildman–Crippen MR) is 324 cm³/mol. The summed E-state index contributed by atoms with van der Waals surface area (Å²) in [6.07, 6.45) is -10.2. The van der Waals surface area contributed by atoms with Crippen molar-refractivity contribution in [3.05, 3.63) is 261 Å². The third-order valence-corrected chi connectivity index (χ3v) is 12.9. The first-order chi connectivity index (χ1) is 47.6. The Bertz CT molecular complexity index is 4660. The molecule has 0 saturated heterocycles. The largest absolute Gasteiger partial charge is 0.421 e. The number of nitrogens with zero attached hydrogens (tertiary/aromatic N) is 13. The van der Waals surface area contributed by atoms with E-state index in [2.05, 4.69) is 61.0 Å². The van der Waals surface area contributed by atoms with Gasteiger partial charge < -0.3 is 21.0 Å². The molecule has 10 aromatic rings. The van der Waals surface area contributed by atoms with Crippen molar-refractivity contribution < 1.29 is 98.6 Å². The molecule has 5 N–H and O–H groups in total. The standard InChI is InChI=1S/C22H23F3N4O.C9H5F3N4O2.C9H7F3N4.C6H2ClF3N2O2.C6H3F3N2O3.C6H4F3NO/c1-21(2,3)16-7-4-15(5-8-16)6-9-19(30)28-17-12-18(22(23,24)25)20(27-13-17)29-11-10-26-14-29;10-9(11,12)7-3-6(16(17)18)4-14-8(7)15-2-1-13-5-15;10-9(11,12)7-3-6(13)4-15-8(7)16-2-1-14-5-16;7-5-4(6(8,9)10)1-3(2-11-5)12(13)14;7-6(8,9)4-1-3(11(13)14)2-10-5(4)12;7-6(8,9)4-2-1-3-10-5(4)11/h4-5,7-8,10-14H,6,9H2,1-3H3,(H,28,30);1-5H;1-5H,13H2;1-2H;1-2H,(H,10,12);1-3H,(H,10,11). The first kappa shape index (κ1) is 81.5.